The number of aromatic nitrogens is 2. The second-order valence-corrected chi connectivity index (χ2v) is 4.32. The first-order valence-electron chi connectivity index (χ1n) is 6.35. The van der Waals surface area contributed by atoms with E-state index in [0.29, 0.717) is 5.82 Å². The lowest BCUT2D eigenvalue weighted by Gasteiger charge is -2.32. The average molecular weight is 253 g/mol. The molecule has 0 saturated heterocycles. The van der Waals surface area contributed by atoms with Gasteiger partial charge in [0, 0.05) is 5.56 Å². The van der Waals surface area contributed by atoms with E-state index in [-0.39, 0.29) is 12.1 Å². The molecule has 0 aliphatic heterocycles. The van der Waals surface area contributed by atoms with Crippen LogP contribution in [0.15, 0.2) is 6.33 Å². The highest BCUT2D eigenvalue weighted by Gasteiger charge is 2.26. The first-order valence-corrected chi connectivity index (χ1v) is 6.35. The number of nitrogens with two attached hydrogens (primary N) is 1. The molecule has 1 aromatic rings. The molecule has 0 atom stereocenters. The lowest BCUT2D eigenvalue weighted by molar-refractivity contribution is 0.202. The topological polar surface area (TPSA) is 96.1 Å². The van der Waals surface area contributed by atoms with Crippen molar-refractivity contribution in [2.75, 3.05) is 17.3 Å². The average Bonchev–Trinajstić information content (AvgIpc) is 2.44. The van der Waals surface area contributed by atoms with Gasteiger partial charge >= 0.3 is 0 Å². The molecular formula is C12H23N5O. The van der Waals surface area contributed by atoms with E-state index in [1.807, 2.05) is 20.8 Å². The molecule has 1 aromatic heterocycles. The van der Waals surface area contributed by atoms with Crippen molar-refractivity contribution in [1.29, 1.82) is 0 Å². The predicted octanol–water partition coefficient (Wildman–Crippen LogP) is 1.29. The van der Waals surface area contributed by atoms with Crippen molar-refractivity contribution in [3.05, 3.63) is 11.9 Å². The Kier molecular flexibility index (Phi) is 5.30. The normalized spacial score (nSPS) is 11.4. The van der Waals surface area contributed by atoms with Crippen LogP contribution in [0.5, 0.6) is 0 Å². The molecule has 0 unspecified atom stereocenters. The van der Waals surface area contributed by atoms with Crippen LogP contribution in [0, 0.1) is 0 Å². The Balaban J connectivity index is 3.09. The third-order valence-corrected chi connectivity index (χ3v) is 3.48. The summed E-state index contributed by atoms with van der Waals surface area (Å²) in [7, 11) is 0. The fourth-order valence-electron chi connectivity index (χ4n) is 1.92. The summed E-state index contributed by atoms with van der Waals surface area (Å²) in [6.45, 7) is 6.17. The van der Waals surface area contributed by atoms with Crippen molar-refractivity contribution in [1.82, 2.24) is 9.97 Å². The molecule has 0 radical (unpaired) electrons. The summed E-state index contributed by atoms with van der Waals surface area (Å²) in [5, 5.41) is 12.9. The van der Waals surface area contributed by atoms with Crippen LogP contribution in [0.3, 0.4) is 0 Å². The van der Waals surface area contributed by atoms with Crippen LogP contribution in [0.1, 0.15) is 39.2 Å². The zero-order valence-electron chi connectivity index (χ0n) is 11.3. The summed E-state index contributed by atoms with van der Waals surface area (Å²) in [4.78, 5) is 8.34. The number of nitrogen functional groups attached to an aromatic ring is 1. The molecular weight excluding hydrogens is 230 g/mol. The Labute approximate surface area is 108 Å². The molecule has 1 rings (SSSR count). The monoisotopic (exact) mass is 253 g/mol. The SMILES string of the molecule is CCc1c(NN)ncnc1NC(CC)(CC)CO. The van der Waals surface area contributed by atoms with E-state index < -0.39 is 0 Å². The summed E-state index contributed by atoms with van der Waals surface area (Å²) in [5.41, 5.74) is 3.16. The van der Waals surface area contributed by atoms with E-state index in [1.54, 1.807) is 0 Å². The molecule has 6 heteroatoms. The van der Waals surface area contributed by atoms with Gasteiger partial charge in [-0.25, -0.2) is 15.8 Å². The zero-order chi connectivity index (χ0) is 13.6. The molecule has 102 valence electrons. The van der Waals surface area contributed by atoms with Gasteiger partial charge in [0.1, 0.15) is 18.0 Å². The summed E-state index contributed by atoms with van der Waals surface area (Å²) >= 11 is 0. The quantitative estimate of drug-likeness (QED) is 0.432. The lowest BCUT2D eigenvalue weighted by atomic mass is 9.93. The maximum Gasteiger partial charge on any atom is 0.148 e. The smallest absolute Gasteiger partial charge is 0.148 e. The number of nitrogens with one attached hydrogen (secondary N) is 2. The van der Waals surface area contributed by atoms with Crippen LogP contribution >= 0.6 is 0 Å². The molecule has 0 fully saturated rings. The summed E-state index contributed by atoms with van der Waals surface area (Å²) in [5.74, 6) is 6.79. The van der Waals surface area contributed by atoms with Gasteiger partial charge in [-0.05, 0) is 19.3 Å². The highest BCUT2D eigenvalue weighted by molar-refractivity contribution is 5.57. The molecule has 0 amide bonds. The Hall–Kier alpha value is -1.40. The number of hydrogen-bond donors (Lipinski definition) is 4. The molecule has 6 nitrogen and oxygen atoms in total. The minimum absolute atomic E-state index is 0.0680. The molecule has 0 aliphatic rings. The number of nitrogens with zero attached hydrogens (tertiary/aromatic N) is 2. The molecule has 18 heavy (non-hydrogen) atoms. The number of hydrogen-bond acceptors (Lipinski definition) is 6. The predicted molar refractivity (Wildman–Crippen MR) is 73.2 cm³/mol. The molecule has 0 spiro atoms. The van der Waals surface area contributed by atoms with Gasteiger partial charge in [-0.2, -0.15) is 0 Å². The van der Waals surface area contributed by atoms with Crippen molar-refractivity contribution in [3.63, 3.8) is 0 Å². The molecule has 0 aliphatic carbocycles. The van der Waals surface area contributed by atoms with Crippen LogP contribution < -0.4 is 16.6 Å². The van der Waals surface area contributed by atoms with Crippen molar-refractivity contribution in [3.8, 4) is 0 Å². The number of aliphatic hydroxyl groups is 1. The van der Waals surface area contributed by atoms with Gasteiger partial charge < -0.3 is 15.8 Å². The first kappa shape index (κ1) is 14.7. The van der Waals surface area contributed by atoms with Gasteiger partial charge in [0.15, 0.2) is 0 Å². The Morgan fingerprint density at radius 2 is 1.83 bits per heavy atom. The summed E-state index contributed by atoms with van der Waals surface area (Å²) in [6.07, 6.45) is 3.86. The van der Waals surface area contributed by atoms with Crippen molar-refractivity contribution in [2.45, 2.75) is 45.6 Å². The van der Waals surface area contributed by atoms with Gasteiger partial charge in [0.05, 0.1) is 12.1 Å². The maximum atomic E-state index is 9.58. The highest BCUT2D eigenvalue weighted by atomic mass is 16.3. The van der Waals surface area contributed by atoms with E-state index in [2.05, 4.69) is 20.7 Å². The highest BCUT2D eigenvalue weighted by Crippen LogP contribution is 2.26. The Morgan fingerprint density at radius 1 is 1.22 bits per heavy atom. The number of rotatable bonds is 7. The van der Waals surface area contributed by atoms with Crippen LogP contribution in [0.2, 0.25) is 0 Å². The van der Waals surface area contributed by atoms with Gasteiger partial charge in [-0.3, -0.25) is 0 Å². The van der Waals surface area contributed by atoms with Crippen LogP contribution in [-0.2, 0) is 6.42 Å². The number of hydrazine groups is 1. The van der Waals surface area contributed by atoms with E-state index >= 15 is 0 Å². The van der Waals surface area contributed by atoms with Crippen LogP contribution in [-0.4, -0.2) is 27.2 Å². The zero-order valence-corrected chi connectivity index (χ0v) is 11.3. The third-order valence-electron chi connectivity index (χ3n) is 3.48. The fraction of sp³-hybridized carbons (Fsp3) is 0.667. The summed E-state index contributed by atoms with van der Waals surface area (Å²) < 4.78 is 0. The van der Waals surface area contributed by atoms with Crippen LogP contribution in [0.25, 0.3) is 0 Å². The minimum atomic E-state index is -0.343. The lowest BCUT2D eigenvalue weighted by Crippen LogP contribution is -2.41. The van der Waals surface area contributed by atoms with Gasteiger partial charge in [-0.15, -0.1) is 0 Å². The molecule has 0 aromatic carbocycles. The number of anilines is 2. The fourth-order valence-corrected chi connectivity index (χ4v) is 1.92. The van der Waals surface area contributed by atoms with Crippen LogP contribution in [0.4, 0.5) is 11.6 Å². The summed E-state index contributed by atoms with van der Waals surface area (Å²) in [6, 6.07) is 0. The van der Waals surface area contributed by atoms with E-state index in [1.165, 1.54) is 6.33 Å². The standard InChI is InChI=1S/C12H23N5O/c1-4-9-10(14-8-15-11(9)17-13)16-12(5-2,6-3)7-18/h8,18H,4-7,13H2,1-3H3,(H2,14,15,16,17). The second kappa shape index (κ2) is 6.51. The third kappa shape index (κ3) is 2.88. The molecule has 5 N–H and O–H groups in total. The van der Waals surface area contributed by atoms with Gasteiger partial charge in [0.25, 0.3) is 0 Å². The van der Waals surface area contributed by atoms with E-state index in [9.17, 15) is 5.11 Å². The first-order chi connectivity index (χ1) is 8.66. The molecule has 1 heterocycles. The largest absolute Gasteiger partial charge is 0.394 e. The van der Waals surface area contributed by atoms with E-state index in [0.717, 1.165) is 30.6 Å². The Bertz CT molecular complexity index is 370. The number of aliphatic hydroxyl groups excluding tert-OH is 1. The molecule has 0 saturated carbocycles. The van der Waals surface area contributed by atoms with Crippen molar-refractivity contribution >= 4 is 11.6 Å². The van der Waals surface area contributed by atoms with Crippen molar-refractivity contribution in [2.24, 2.45) is 5.84 Å². The van der Waals surface area contributed by atoms with Gasteiger partial charge in [-0.1, -0.05) is 20.8 Å². The maximum absolute atomic E-state index is 9.58. The minimum Gasteiger partial charge on any atom is -0.394 e. The van der Waals surface area contributed by atoms with Crippen molar-refractivity contribution < 1.29 is 5.11 Å². The molecule has 0 bridgehead atoms. The second-order valence-electron chi connectivity index (χ2n) is 4.32. The Morgan fingerprint density at radius 3 is 2.28 bits per heavy atom. The van der Waals surface area contributed by atoms with Gasteiger partial charge in [0.2, 0.25) is 0 Å². The van der Waals surface area contributed by atoms with E-state index in [4.69, 9.17) is 5.84 Å².